The van der Waals surface area contributed by atoms with Crippen LogP contribution in [0, 0.1) is 5.82 Å². The van der Waals surface area contributed by atoms with E-state index in [1.807, 2.05) is 66.9 Å². The Hall–Kier alpha value is -5.74. The second-order valence-corrected chi connectivity index (χ2v) is 12.4. The van der Waals surface area contributed by atoms with E-state index in [2.05, 4.69) is 4.57 Å². The fraction of sp³-hybridized carbons (Fsp3) is 0.154. The lowest BCUT2D eigenvalue weighted by molar-refractivity contribution is -0.138. The van der Waals surface area contributed by atoms with Crippen LogP contribution in [0.2, 0.25) is 0 Å². The molecule has 0 fully saturated rings. The van der Waals surface area contributed by atoms with E-state index in [9.17, 15) is 14.0 Å². The Labute approximate surface area is 285 Å². The van der Waals surface area contributed by atoms with Gasteiger partial charge in [0.05, 0.1) is 36.6 Å². The van der Waals surface area contributed by atoms with Gasteiger partial charge in [-0.05, 0) is 48.9 Å². The maximum absolute atomic E-state index is 14.6. The molecule has 0 saturated carbocycles. The first-order valence-electron chi connectivity index (χ1n) is 15.7. The van der Waals surface area contributed by atoms with E-state index in [0.29, 0.717) is 44.2 Å². The monoisotopic (exact) mass is 673 g/mol. The first-order valence-corrected chi connectivity index (χ1v) is 16.5. The molecule has 49 heavy (non-hydrogen) atoms. The Bertz CT molecular complexity index is 2410. The number of aromatic nitrogens is 2. The minimum Gasteiger partial charge on any atom is -0.497 e. The van der Waals surface area contributed by atoms with Crippen molar-refractivity contribution < 1.29 is 23.4 Å². The van der Waals surface area contributed by atoms with Crippen molar-refractivity contribution in [3.05, 3.63) is 157 Å². The van der Waals surface area contributed by atoms with Gasteiger partial charge in [0, 0.05) is 46.4 Å². The second-order valence-electron chi connectivity index (χ2n) is 11.4. The molecule has 0 radical (unpaired) electrons. The molecule has 6 aromatic rings. The van der Waals surface area contributed by atoms with Crippen LogP contribution in [-0.4, -0.2) is 35.9 Å². The van der Waals surface area contributed by atoms with Gasteiger partial charge in [0.2, 0.25) is 0 Å². The third-order valence-electron chi connectivity index (χ3n) is 8.48. The number of fused-ring (bicyclic) bond motifs is 2. The Kier molecular flexibility index (Phi) is 8.71. The Morgan fingerprint density at radius 1 is 0.959 bits per heavy atom. The molecule has 0 spiro atoms. The zero-order chi connectivity index (χ0) is 34.1. The Morgan fingerprint density at radius 3 is 2.45 bits per heavy atom. The predicted molar refractivity (Wildman–Crippen MR) is 188 cm³/mol. The zero-order valence-electron chi connectivity index (χ0n) is 27.1. The summed E-state index contributed by atoms with van der Waals surface area (Å²) in [4.78, 5) is 33.8. The van der Waals surface area contributed by atoms with E-state index in [0.717, 1.165) is 22.0 Å². The summed E-state index contributed by atoms with van der Waals surface area (Å²) in [7, 11) is 3.10. The topological polar surface area (TPSA) is 84.1 Å². The third-order valence-corrected chi connectivity index (χ3v) is 9.46. The fourth-order valence-corrected chi connectivity index (χ4v) is 7.22. The van der Waals surface area contributed by atoms with Crippen LogP contribution in [0.4, 0.5) is 4.39 Å². The zero-order valence-corrected chi connectivity index (χ0v) is 27.9. The lowest BCUT2D eigenvalue weighted by Gasteiger charge is -2.27. The smallest absolute Gasteiger partial charge is 0.338 e. The van der Waals surface area contributed by atoms with Gasteiger partial charge >= 0.3 is 5.97 Å². The van der Waals surface area contributed by atoms with Crippen molar-refractivity contribution in [1.82, 2.24) is 9.13 Å². The number of esters is 1. The predicted octanol–water partition coefficient (Wildman–Crippen LogP) is 6.09. The fourth-order valence-electron chi connectivity index (χ4n) is 6.23. The van der Waals surface area contributed by atoms with Crippen LogP contribution in [-0.2, 0) is 16.1 Å². The molecule has 0 amide bonds. The number of para-hydroxylation sites is 1. The summed E-state index contributed by atoms with van der Waals surface area (Å²) in [5.74, 6) is 0.143. The standard InChI is InChI=1S/C39H32FN3O5S/c1-4-48-38(45)34-35(25-10-6-5-7-11-25)41-39-43(36(34)30-19-18-28(46-2)21-32(30)47-3)37(44)33(49-39)20-26-23-42(31-13-9-8-12-29(26)31)22-24-14-16-27(40)17-15-24/h5-21,23,36H,4,22H2,1-3H3/b33-20-/t36-/m1/s1. The van der Waals surface area contributed by atoms with E-state index >= 15 is 0 Å². The third kappa shape index (κ3) is 5.95. The average molecular weight is 674 g/mol. The first kappa shape index (κ1) is 31.8. The molecule has 1 aliphatic rings. The molecule has 7 rings (SSSR count). The number of hydrogen-bond acceptors (Lipinski definition) is 7. The van der Waals surface area contributed by atoms with Gasteiger partial charge in [0.15, 0.2) is 4.80 Å². The summed E-state index contributed by atoms with van der Waals surface area (Å²) in [6, 6.07) is 28.2. The van der Waals surface area contributed by atoms with Gasteiger partial charge in [-0.25, -0.2) is 14.2 Å². The normalized spacial score (nSPS) is 14.4. The van der Waals surface area contributed by atoms with E-state index in [1.54, 1.807) is 48.9 Å². The molecule has 1 aliphatic heterocycles. The first-order chi connectivity index (χ1) is 23.9. The molecule has 3 heterocycles. The molecule has 10 heteroatoms. The van der Waals surface area contributed by atoms with Crippen molar-refractivity contribution in [2.24, 2.45) is 4.99 Å². The molecular formula is C39H32FN3O5S. The van der Waals surface area contributed by atoms with Crippen LogP contribution >= 0.6 is 11.3 Å². The van der Waals surface area contributed by atoms with Crippen LogP contribution in [0.5, 0.6) is 11.5 Å². The highest BCUT2D eigenvalue weighted by atomic mass is 32.1. The molecule has 0 unspecified atom stereocenters. The largest absolute Gasteiger partial charge is 0.497 e. The van der Waals surface area contributed by atoms with Crippen LogP contribution in [0.15, 0.2) is 119 Å². The lowest BCUT2D eigenvalue weighted by Crippen LogP contribution is -2.40. The van der Waals surface area contributed by atoms with Crippen molar-refractivity contribution in [2.75, 3.05) is 20.8 Å². The highest BCUT2D eigenvalue weighted by molar-refractivity contribution is 7.07. The van der Waals surface area contributed by atoms with Gasteiger partial charge in [-0.3, -0.25) is 9.36 Å². The van der Waals surface area contributed by atoms with Gasteiger partial charge in [0.25, 0.3) is 5.56 Å². The highest BCUT2D eigenvalue weighted by Crippen LogP contribution is 2.40. The van der Waals surface area contributed by atoms with Gasteiger partial charge in [0.1, 0.15) is 23.4 Å². The van der Waals surface area contributed by atoms with Crippen molar-refractivity contribution in [1.29, 1.82) is 0 Å². The Balaban J connectivity index is 1.47. The number of nitrogens with zero attached hydrogens (tertiary/aromatic N) is 3. The molecule has 246 valence electrons. The SMILES string of the molecule is CCOC(=O)C1=C(c2ccccc2)N=c2s/c(=C\c3cn(Cc4ccc(F)cc4)c4ccccc34)c(=O)n2[C@@H]1c1ccc(OC)cc1OC. The maximum atomic E-state index is 14.6. The van der Waals surface area contributed by atoms with Crippen LogP contribution in [0.25, 0.3) is 22.7 Å². The summed E-state index contributed by atoms with van der Waals surface area (Å²) < 4.78 is 34.6. The van der Waals surface area contributed by atoms with Crippen molar-refractivity contribution in [3.8, 4) is 11.5 Å². The van der Waals surface area contributed by atoms with Gasteiger partial charge in [-0.1, -0.05) is 72.0 Å². The van der Waals surface area contributed by atoms with E-state index in [1.165, 1.54) is 30.6 Å². The summed E-state index contributed by atoms with van der Waals surface area (Å²) >= 11 is 1.25. The molecule has 1 atom stereocenters. The Morgan fingerprint density at radius 2 is 1.71 bits per heavy atom. The average Bonchev–Trinajstić information content (AvgIpc) is 3.64. The lowest BCUT2D eigenvalue weighted by atomic mass is 9.92. The summed E-state index contributed by atoms with van der Waals surface area (Å²) in [5.41, 5.74) is 4.40. The van der Waals surface area contributed by atoms with E-state index < -0.39 is 12.0 Å². The maximum Gasteiger partial charge on any atom is 0.338 e. The molecule has 0 aliphatic carbocycles. The second kappa shape index (κ2) is 13.4. The molecule has 2 aromatic heterocycles. The minimum atomic E-state index is -0.909. The molecule has 0 bridgehead atoms. The van der Waals surface area contributed by atoms with Crippen LogP contribution in [0.1, 0.15) is 35.2 Å². The number of thiazole rings is 1. The number of rotatable bonds is 9. The minimum absolute atomic E-state index is 0.142. The summed E-state index contributed by atoms with van der Waals surface area (Å²) in [6.45, 7) is 2.41. The van der Waals surface area contributed by atoms with Crippen molar-refractivity contribution in [3.63, 3.8) is 0 Å². The molecule has 0 N–H and O–H groups in total. The molecule has 8 nitrogen and oxygen atoms in total. The van der Waals surface area contributed by atoms with Gasteiger partial charge in [-0.2, -0.15) is 0 Å². The van der Waals surface area contributed by atoms with Crippen molar-refractivity contribution in [2.45, 2.75) is 19.5 Å². The van der Waals surface area contributed by atoms with E-state index in [-0.39, 0.29) is 23.6 Å². The molecular weight excluding hydrogens is 642 g/mol. The highest BCUT2D eigenvalue weighted by Gasteiger charge is 2.37. The van der Waals surface area contributed by atoms with E-state index in [4.69, 9.17) is 19.2 Å². The van der Waals surface area contributed by atoms with Crippen LogP contribution in [0.3, 0.4) is 0 Å². The number of benzene rings is 4. The number of carbonyl (C=O) groups excluding carboxylic acids is 1. The van der Waals surface area contributed by atoms with Gasteiger partial charge in [-0.15, -0.1) is 0 Å². The molecule has 4 aromatic carbocycles. The van der Waals surface area contributed by atoms with Crippen molar-refractivity contribution >= 4 is 40.0 Å². The summed E-state index contributed by atoms with van der Waals surface area (Å²) in [6.07, 6.45) is 3.86. The number of methoxy groups -OCH3 is 2. The summed E-state index contributed by atoms with van der Waals surface area (Å²) in [5, 5.41) is 0.959. The quantitative estimate of drug-likeness (QED) is 0.174. The number of halogens is 1. The van der Waals surface area contributed by atoms with Gasteiger partial charge < -0.3 is 18.8 Å². The number of ether oxygens (including phenoxy) is 3. The number of hydrogen-bond donors (Lipinski definition) is 0. The number of carbonyl (C=O) groups is 1. The molecule has 0 saturated heterocycles. The van der Waals surface area contributed by atoms with Crippen LogP contribution < -0.4 is 24.4 Å².